The molecule has 0 saturated carbocycles. The molecule has 1 unspecified atom stereocenters. The van der Waals surface area contributed by atoms with Crippen molar-refractivity contribution in [2.75, 3.05) is 20.7 Å². The van der Waals surface area contributed by atoms with Crippen molar-refractivity contribution >= 4 is 17.3 Å². The average molecular weight is 295 g/mol. The van der Waals surface area contributed by atoms with Gasteiger partial charge in [0.2, 0.25) is 11.7 Å². The van der Waals surface area contributed by atoms with Crippen LogP contribution in [-0.4, -0.2) is 41.7 Å². The maximum Gasteiger partial charge on any atom is 0.309 e. The van der Waals surface area contributed by atoms with Gasteiger partial charge in [-0.25, -0.2) is 0 Å². The van der Waals surface area contributed by atoms with Crippen LogP contribution >= 0.6 is 11.3 Å². The molecule has 0 spiro atoms. The van der Waals surface area contributed by atoms with E-state index in [4.69, 9.17) is 9.26 Å². The second kappa shape index (κ2) is 6.62. The summed E-state index contributed by atoms with van der Waals surface area (Å²) in [6.07, 6.45) is 0. The van der Waals surface area contributed by atoms with E-state index in [1.165, 1.54) is 7.11 Å². The molecule has 0 amide bonds. The van der Waals surface area contributed by atoms with Crippen LogP contribution in [0.1, 0.15) is 12.8 Å². The summed E-state index contributed by atoms with van der Waals surface area (Å²) in [7, 11) is 3.29. The molecule has 2 rings (SSSR count). The molecule has 6 nitrogen and oxygen atoms in total. The Morgan fingerprint density at radius 1 is 1.60 bits per heavy atom. The first-order chi connectivity index (χ1) is 9.60. The third-order valence-corrected chi connectivity index (χ3v) is 3.52. The number of nitrogens with zero attached hydrogens (tertiary/aromatic N) is 3. The van der Waals surface area contributed by atoms with E-state index in [2.05, 4.69) is 10.1 Å². The van der Waals surface area contributed by atoms with E-state index >= 15 is 0 Å². The lowest BCUT2D eigenvalue weighted by Crippen LogP contribution is -2.29. The van der Waals surface area contributed by atoms with E-state index in [9.17, 15) is 4.79 Å². The maximum absolute atomic E-state index is 11.4. The molecule has 0 aromatic carbocycles. The van der Waals surface area contributed by atoms with Crippen molar-refractivity contribution in [2.24, 2.45) is 5.92 Å². The second-order valence-corrected chi connectivity index (χ2v) is 5.42. The molecule has 0 aliphatic rings. The van der Waals surface area contributed by atoms with Crippen molar-refractivity contribution in [3.8, 4) is 11.4 Å². The standard InChI is InChI=1S/C13H17N3O3S/c1-9(13(17)18-3)6-16(2)7-11-14-12(15-19-11)10-4-5-20-8-10/h4-5,8-9H,6-7H2,1-3H3. The molecule has 20 heavy (non-hydrogen) atoms. The van der Waals surface area contributed by atoms with Crippen LogP contribution in [0.2, 0.25) is 0 Å². The number of esters is 1. The Balaban J connectivity index is 1.92. The fraction of sp³-hybridized carbons (Fsp3) is 0.462. The third-order valence-electron chi connectivity index (χ3n) is 2.84. The number of carbonyl (C=O) groups is 1. The Kier molecular flexibility index (Phi) is 4.86. The molecule has 1 atom stereocenters. The summed E-state index contributed by atoms with van der Waals surface area (Å²) >= 11 is 1.59. The number of aromatic nitrogens is 2. The predicted octanol–water partition coefficient (Wildman–Crippen LogP) is 2.04. The highest BCUT2D eigenvalue weighted by Gasteiger charge is 2.17. The molecule has 0 aliphatic heterocycles. The van der Waals surface area contributed by atoms with Crippen LogP contribution in [0, 0.1) is 5.92 Å². The lowest BCUT2D eigenvalue weighted by molar-refractivity contribution is -0.145. The van der Waals surface area contributed by atoms with Gasteiger partial charge in [-0.05, 0) is 18.5 Å². The number of methoxy groups -OCH3 is 1. The minimum absolute atomic E-state index is 0.190. The fourth-order valence-electron chi connectivity index (χ4n) is 1.87. The van der Waals surface area contributed by atoms with Crippen LogP contribution in [0.25, 0.3) is 11.4 Å². The minimum atomic E-state index is -0.221. The van der Waals surface area contributed by atoms with E-state index < -0.39 is 0 Å². The van der Waals surface area contributed by atoms with Crippen molar-refractivity contribution in [1.29, 1.82) is 0 Å². The van der Waals surface area contributed by atoms with E-state index in [-0.39, 0.29) is 11.9 Å². The Morgan fingerprint density at radius 3 is 3.05 bits per heavy atom. The van der Waals surface area contributed by atoms with Crippen LogP contribution in [-0.2, 0) is 16.1 Å². The second-order valence-electron chi connectivity index (χ2n) is 4.64. The molecule has 108 valence electrons. The van der Waals surface area contributed by atoms with Crippen LogP contribution < -0.4 is 0 Å². The Morgan fingerprint density at radius 2 is 2.40 bits per heavy atom. The lowest BCUT2D eigenvalue weighted by atomic mass is 10.2. The highest BCUT2D eigenvalue weighted by molar-refractivity contribution is 7.08. The fourth-order valence-corrected chi connectivity index (χ4v) is 2.50. The number of hydrogen-bond acceptors (Lipinski definition) is 7. The summed E-state index contributed by atoms with van der Waals surface area (Å²) in [5.74, 6) is 0.715. The van der Waals surface area contributed by atoms with E-state index in [1.807, 2.05) is 35.7 Å². The smallest absolute Gasteiger partial charge is 0.309 e. The molecule has 0 saturated heterocycles. The summed E-state index contributed by atoms with van der Waals surface area (Å²) in [5, 5.41) is 7.88. The lowest BCUT2D eigenvalue weighted by Gasteiger charge is -2.17. The monoisotopic (exact) mass is 295 g/mol. The van der Waals surface area contributed by atoms with Crippen molar-refractivity contribution in [3.63, 3.8) is 0 Å². The zero-order valence-corrected chi connectivity index (χ0v) is 12.5. The number of thiophene rings is 1. The van der Waals surface area contributed by atoms with Gasteiger partial charge in [0, 0.05) is 17.5 Å². The quantitative estimate of drug-likeness (QED) is 0.760. The summed E-state index contributed by atoms with van der Waals surface area (Å²) < 4.78 is 9.91. The SMILES string of the molecule is COC(=O)C(C)CN(C)Cc1nc(-c2ccsc2)no1. The van der Waals surface area contributed by atoms with Crippen LogP contribution in [0.4, 0.5) is 0 Å². The zero-order chi connectivity index (χ0) is 14.5. The molecule has 0 bridgehead atoms. The van der Waals surface area contributed by atoms with Gasteiger partial charge in [0.05, 0.1) is 19.6 Å². The largest absolute Gasteiger partial charge is 0.469 e. The Labute approximate surface area is 121 Å². The third kappa shape index (κ3) is 3.64. The Bertz CT molecular complexity index is 553. The molecule has 0 radical (unpaired) electrons. The van der Waals surface area contributed by atoms with Gasteiger partial charge < -0.3 is 9.26 Å². The van der Waals surface area contributed by atoms with E-state index in [0.29, 0.717) is 24.8 Å². The van der Waals surface area contributed by atoms with Gasteiger partial charge in [-0.3, -0.25) is 9.69 Å². The van der Waals surface area contributed by atoms with Crippen molar-refractivity contribution in [1.82, 2.24) is 15.0 Å². The molecule has 2 aromatic rings. The Hall–Kier alpha value is -1.73. The molecule has 2 heterocycles. The average Bonchev–Trinajstić information content (AvgIpc) is 3.07. The molecular weight excluding hydrogens is 278 g/mol. The number of carbonyl (C=O) groups excluding carboxylic acids is 1. The van der Waals surface area contributed by atoms with Gasteiger partial charge in [0.1, 0.15) is 0 Å². The van der Waals surface area contributed by atoms with Crippen molar-refractivity contribution in [2.45, 2.75) is 13.5 Å². The topological polar surface area (TPSA) is 68.5 Å². The van der Waals surface area contributed by atoms with Gasteiger partial charge in [0.15, 0.2) is 0 Å². The summed E-state index contributed by atoms with van der Waals surface area (Å²) in [4.78, 5) is 17.6. The molecular formula is C13H17N3O3S. The highest BCUT2D eigenvalue weighted by atomic mass is 32.1. The van der Waals surface area contributed by atoms with E-state index in [1.54, 1.807) is 11.3 Å². The number of hydrogen-bond donors (Lipinski definition) is 0. The summed E-state index contributed by atoms with van der Waals surface area (Å²) in [6.45, 7) is 2.90. The van der Waals surface area contributed by atoms with Crippen molar-refractivity contribution < 1.29 is 14.1 Å². The van der Waals surface area contributed by atoms with Crippen molar-refractivity contribution in [3.05, 3.63) is 22.7 Å². The minimum Gasteiger partial charge on any atom is -0.469 e. The normalized spacial score (nSPS) is 12.6. The first kappa shape index (κ1) is 14.7. The summed E-state index contributed by atoms with van der Waals surface area (Å²) in [5.41, 5.74) is 0.954. The van der Waals surface area contributed by atoms with Crippen LogP contribution in [0.3, 0.4) is 0 Å². The first-order valence-corrected chi connectivity index (χ1v) is 7.16. The number of ether oxygens (including phenoxy) is 1. The van der Waals surface area contributed by atoms with Crippen LogP contribution in [0.5, 0.6) is 0 Å². The van der Waals surface area contributed by atoms with Gasteiger partial charge in [-0.15, -0.1) is 0 Å². The number of rotatable bonds is 6. The summed E-state index contributed by atoms with van der Waals surface area (Å²) in [6, 6.07) is 1.95. The van der Waals surface area contributed by atoms with Gasteiger partial charge in [0.25, 0.3) is 0 Å². The van der Waals surface area contributed by atoms with Gasteiger partial charge in [-0.2, -0.15) is 16.3 Å². The maximum atomic E-state index is 11.4. The molecule has 0 aliphatic carbocycles. The molecule has 2 aromatic heterocycles. The molecule has 0 N–H and O–H groups in total. The molecule has 0 fully saturated rings. The first-order valence-electron chi connectivity index (χ1n) is 6.21. The molecule has 7 heteroatoms. The predicted molar refractivity (Wildman–Crippen MR) is 75.1 cm³/mol. The van der Waals surface area contributed by atoms with E-state index in [0.717, 1.165) is 5.56 Å². The zero-order valence-electron chi connectivity index (χ0n) is 11.7. The van der Waals surface area contributed by atoms with Gasteiger partial charge in [-0.1, -0.05) is 12.1 Å². The van der Waals surface area contributed by atoms with Gasteiger partial charge >= 0.3 is 5.97 Å². The highest BCUT2D eigenvalue weighted by Crippen LogP contribution is 2.19. The van der Waals surface area contributed by atoms with Crippen LogP contribution in [0.15, 0.2) is 21.3 Å².